The van der Waals surface area contributed by atoms with Gasteiger partial charge in [0.05, 0.1) is 13.3 Å². The first kappa shape index (κ1) is 14.0. The summed E-state index contributed by atoms with van der Waals surface area (Å²) >= 11 is 0. The maximum absolute atomic E-state index is 8.47. The van der Waals surface area contributed by atoms with Gasteiger partial charge in [-0.2, -0.15) is 4.57 Å². The van der Waals surface area contributed by atoms with Gasteiger partial charge in [0, 0.05) is 18.5 Å². The van der Waals surface area contributed by atoms with E-state index in [-0.39, 0.29) is 0 Å². The highest BCUT2D eigenvalue weighted by Crippen LogP contribution is 2.31. The summed E-state index contributed by atoms with van der Waals surface area (Å²) in [6.45, 7) is 13.5. The standard InChI is InChI=1S/C21H21N2/c1-6-16-8-7-14(2)20(12-16)21-19-10-9-18(22-4)13-17(19)11-15(3)23(21)5/h7-13H,6H2,1-3,5H3/q+1/i11D. The molecule has 2 nitrogen and oxygen atoms in total. The van der Waals surface area contributed by atoms with Crippen LogP contribution in [-0.4, -0.2) is 0 Å². The largest absolute Gasteiger partial charge is 0.238 e. The van der Waals surface area contributed by atoms with E-state index in [0.717, 1.165) is 28.6 Å². The number of nitrogens with zero attached hydrogens (tertiary/aromatic N) is 2. The van der Waals surface area contributed by atoms with Crippen LogP contribution in [0.2, 0.25) is 0 Å². The van der Waals surface area contributed by atoms with Crippen molar-refractivity contribution in [2.45, 2.75) is 27.2 Å². The maximum Gasteiger partial charge on any atom is 0.220 e. The average molecular weight is 302 g/mol. The lowest BCUT2D eigenvalue weighted by atomic mass is 9.96. The first-order valence-electron chi connectivity index (χ1n) is 8.38. The molecular formula is C21H21N2+. The van der Waals surface area contributed by atoms with Gasteiger partial charge in [0.1, 0.15) is 7.05 Å². The molecule has 0 spiro atoms. The molecule has 0 atom stereocenters. The van der Waals surface area contributed by atoms with Crippen molar-refractivity contribution in [3.05, 3.63) is 70.7 Å². The van der Waals surface area contributed by atoms with Crippen LogP contribution in [0.3, 0.4) is 0 Å². The van der Waals surface area contributed by atoms with Gasteiger partial charge >= 0.3 is 0 Å². The number of aromatic nitrogens is 1. The molecule has 0 N–H and O–H groups in total. The van der Waals surface area contributed by atoms with Crippen molar-refractivity contribution in [1.82, 2.24) is 0 Å². The zero-order valence-corrected chi connectivity index (χ0v) is 14.1. The van der Waals surface area contributed by atoms with Crippen molar-refractivity contribution < 1.29 is 5.94 Å². The molecule has 1 heterocycles. The van der Waals surface area contributed by atoms with Crippen LogP contribution in [0.4, 0.5) is 5.69 Å². The van der Waals surface area contributed by atoms with E-state index in [1.807, 2.05) is 32.2 Å². The third-order valence-electron chi connectivity index (χ3n) is 4.51. The molecule has 0 saturated heterocycles. The lowest BCUT2D eigenvalue weighted by molar-refractivity contribution is -0.665. The first-order chi connectivity index (χ1) is 11.5. The Morgan fingerprint density at radius 2 is 1.96 bits per heavy atom. The van der Waals surface area contributed by atoms with Crippen molar-refractivity contribution in [3.63, 3.8) is 0 Å². The molecule has 3 aromatic rings. The normalized spacial score (nSPS) is 11.3. The van der Waals surface area contributed by atoms with Crippen LogP contribution < -0.4 is 4.57 Å². The molecule has 114 valence electrons. The van der Waals surface area contributed by atoms with Crippen LogP contribution in [-0.2, 0) is 13.5 Å². The third kappa shape index (κ3) is 2.59. The van der Waals surface area contributed by atoms with E-state index in [1.165, 1.54) is 16.7 Å². The Hall–Kier alpha value is -2.66. The summed E-state index contributed by atoms with van der Waals surface area (Å²) in [5, 5.41) is 1.87. The summed E-state index contributed by atoms with van der Waals surface area (Å²) in [5.41, 5.74) is 6.31. The van der Waals surface area contributed by atoms with Crippen molar-refractivity contribution in [2.75, 3.05) is 0 Å². The van der Waals surface area contributed by atoms with E-state index in [2.05, 4.69) is 41.5 Å². The van der Waals surface area contributed by atoms with Crippen molar-refractivity contribution in [2.24, 2.45) is 7.05 Å². The highest BCUT2D eigenvalue weighted by molar-refractivity contribution is 5.95. The van der Waals surface area contributed by atoms with Crippen LogP contribution in [0.25, 0.3) is 26.9 Å². The molecule has 0 radical (unpaired) electrons. The highest BCUT2D eigenvalue weighted by atomic mass is 14.9. The average Bonchev–Trinajstić information content (AvgIpc) is 2.61. The van der Waals surface area contributed by atoms with Gasteiger partial charge in [-0.3, -0.25) is 0 Å². The molecule has 3 rings (SSSR count). The summed E-state index contributed by atoms with van der Waals surface area (Å²) in [6.07, 6.45) is 0.992. The van der Waals surface area contributed by atoms with E-state index in [0.29, 0.717) is 11.7 Å². The van der Waals surface area contributed by atoms with Crippen LogP contribution in [0, 0.1) is 20.4 Å². The number of fused-ring (bicyclic) bond motifs is 1. The Labute approximate surface area is 139 Å². The fraction of sp³-hybridized carbons (Fsp3) is 0.238. The van der Waals surface area contributed by atoms with Crippen LogP contribution in [0.5, 0.6) is 0 Å². The fourth-order valence-electron chi connectivity index (χ4n) is 3.01. The number of benzene rings is 2. The number of pyridine rings is 1. The third-order valence-corrected chi connectivity index (χ3v) is 4.51. The second-order valence-electron chi connectivity index (χ2n) is 5.96. The second kappa shape index (κ2) is 5.85. The minimum atomic E-state index is 0.492. The van der Waals surface area contributed by atoms with Gasteiger partial charge < -0.3 is 0 Å². The highest BCUT2D eigenvalue weighted by Gasteiger charge is 2.20. The quantitative estimate of drug-likeness (QED) is 0.462. The number of rotatable bonds is 2. The lowest BCUT2D eigenvalue weighted by Gasteiger charge is -2.11. The molecule has 2 heteroatoms. The van der Waals surface area contributed by atoms with Gasteiger partial charge in [-0.15, -0.1) is 0 Å². The molecule has 0 aliphatic heterocycles. The van der Waals surface area contributed by atoms with E-state index in [4.69, 9.17) is 7.94 Å². The maximum atomic E-state index is 8.47. The van der Waals surface area contributed by atoms with Gasteiger partial charge in [-0.1, -0.05) is 31.2 Å². The molecule has 0 amide bonds. The Morgan fingerprint density at radius 3 is 2.65 bits per heavy atom. The molecule has 1 aromatic heterocycles. The van der Waals surface area contributed by atoms with Gasteiger partial charge in [0.15, 0.2) is 11.4 Å². The lowest BCUT2D eigenvalue weighted by Crippen LogP contribution is -2.35. The smallest absolute Gasteiger partial charge is 0.220 e. The molecule has 0 saturated carbocycles. The monoisotopic (exact) mass is 302 g/mol. The molecule has 0 fully saturated rings. The SMILES string of the molecule is [2H]c1c(C)[n+](C)c(-c2cc(CC)ccc2C)c2ccc([N+]#[C-])cc12. The Morgan fingerprint density at radius 1 is 1.17 bits per heavy atom. The van der Waals surface area contributed by atoms with Gasteiger partial charge in [-0.05, 0) is 42.0 Å². The van der Waals surface area contributed by atoms with Crippen LogP contribution in [0.1, 0.15) is 25.1 Å². The Balaban J connectivity index is 2.47. The van der Waals surface area contributed by atoms with Crippen molar-refractivity contribution >= 4 is 16.5 Å². The van der Waals surface area contributed by atoms with Gasteiger partial charge in [0.2, 0.25) is 5.69 Å². The molecule has 0 bridgehead atoms. The number of hydrogen-bond donors (Lipinski definition) is 0. The number of aryl methyl sites for hydroxylation is 2. The van der Waals surface area contributed by atoms with E-state index in [9.17, 15) is 0 Å². The zero-order chi connectivity index (χ0) is 17.4. The summed E-state index contributed by atoms with van der Waals surface area (Å²) in [7, 11) is 2.02. The van der Waals surface area contributed by atoms with Crippen LogP contribution >= 0.6 is 0 Å². The summed E-state index contributed by atoms with van der Waals surface area (Å²) < 4.78 is 10.6. The second-order valence-corrected chi connectivity index (χ2v) is 5.96. The predicted octanol–water partition coefficient (Wildman–Crippen LogP) is 5.06. The Kier molecular flexibility index (Phi) is 3.55. The molecule has 2 aromatic carbocycles. The zero-order valence-electron chi connectivity index (χ0n) is 15.1. The minimum Gasteiger partial charge on any atom is -0.238 e. The topological polar surface area (TPSA) is 8.24 Å². The molecule has 0 unspecified atom stereocenters. The Bertz CT molecular complexity index is 997. The van der Waals surface area contributed by atoms with Gasteiger partial charge in [-0.25, -0.2) is 4.85 Å². The van der Waals surface area contributed by atoms with Gasteiger partial charge in [0.25, 0.3) is 0 Å². The summed E-state index contributed by atoms with van der Waals surface area (Å²) in [5.74, 6) is 0. The fourth-order valence-corrected chi connectivity index (χ4v) is 3.01. The molecule has 23 heavy (non-hydrogen) atoms. The molecule has 0 aliphatic carbocycles. The number of hydrogen-bond acceptors (Lipinski definition) is 0. The summed E-state index contributed by atoms with van der Waals surface area (Å²) in [4.78, 5) is 3.52. The minimum absolute atomic E-state index is 0.492. The summed E-state index contributed by atoms with van der Waals surface area (Å²) in [6, 6.07) is 12.7. The molecule has 0 aliphatic rings. The van der Waals surface area contributed by atoms with Crippen LogP contribution in [0.15, 0.2) is 42.4 Å². The molecular weight excluding hydrogens is 280 g/mol. The van der Waals surface area contributed by atoms with E-state index >= 15 is 0 Å². The van der Waals surface area contributed by atoms with Crippen molar-refractivity contribution in [1.29, 1.82) is 0 Å². The van der Waals surface area contributed by atoms with E-state index in [1.54, 1.807) is 0 Å². The van der Waals surface area contributed by atoms with E-state index < -0.39 is 0 Å². The van der Waals surface area contributed by atoms with Crippen molar-refractivity contribution in [3.8, 4) is 11.3 Å². The predicted molar refractivity (Wildman–Crippen MR) is 95.7 cm³/mol. The first-order valence-corrected chi connectivity index (χ1v) is 7.88.